The summed E-state index contributed by atoms with van der Waals surface area (Å²) < 4.78 is 29.2. The minimum absolute atomic E-state index is 0.0654. The van der Waals surface area contributed by atoms with E-state index < -0.39 is 0 Å². The van der Waals surface area contributed by atoms with Crippen molar-refractivity contribution >= 4 is 5.91 Å². The molecule has 3 aromatic rings. The van der Waals surface area contributed by atoms with Crippen LogP contribution in [0.3, 0.4) is 0 Å². The summed E-state index contributed by atoms with van der Waals surface area (Å²) in [5.41, 5.74) is 1.84. The smallest absolute Gasteiger partial charge is 0.241 e. The molecule has 2 heterocycles. The van der Waals surface area contributed by atoms with Gasteiger partial charge < -0.3 is 19.3 Å². The normalized spacial score (nSPS) is 16.1. The van der Waals surface area contributed by atoms with Crippen LogP contribution in [0.15, 0.2) is 47.0 Å². The summed E-state index contributed by atoms with van der Waals surface area (Å²) in [7, 11) is 3.24. The van der Waals surface area contributed by atoms with Crippen molar-refractivity contribution in [2.45, 2.75) is 32.2 Å². The molecule has 1 fully saturated rings. The third-order valence-electron chi connectivity index (χ3n) is 6.20. The number of piperidine rings is 1. The highest BCUT2D eigenvalue weighted by Crippen LogP contribution is 2.28. The number of likely N-dealkylation sites (tertiary alicyclic amines) is 1. The number of rotatable bonds is 10. The van der Waals surface area contributed by atoms with Gasteiger partial charge >= 0.3 is 0 Å². The van der Waals surface area contributed by atoms with Crippen molar-refractivity contribution in [3.05, 3.63) is 59.7 Å². The first-order valence-corrected chi connectivity index (χ1v) is 11.8. The number of methoxy groups -OCH3 is 2. The predicted molar refractivity (Wildman–Crippen MR) is 129 cm³/mol. The zero-order valence-corrected chi connectivity index (χ0v) is 20.1. The molecule has 1 aliphatic heterocycles. The first-order valence-electron chi connectivity index (χ1n) is 11.8. The number of ether oxygens (including phenoxy) is 2. The van der Waals surface area contributed by atoms with Gasteiger partial charge in [0.15, 0.2) is 11.5 Å². The Morgan fingerprint density at radius 3 is 2.74 bits per heavy atom. The summed E-state index contributed by atoms with van der Waals surface area (Å²) in [6, 6.07) is 11.9. The SMILES string of the molecule is COc1ccc(CCCNC(=O)C2CCCN(Cc3nc(-c4ccc(F)cc4)no3)C2)cc1OC. The van der Waals surface area contributed by atoms with E-state index in [-0.39, 0.29) is 17.6 Å². The number of halogens is 1. The molecular formula is C26H31FN4O4. The fourth-order valence-corrected chi connectivity index (χ4v) is 4.32. The van der Waals surface area contributed by atoms with Gasteiger partial charge in [-0.1, -0.05) is 11.2 Å². The molecule has 1 atom stereocenters. The summed E-state index contributed by atoms with van der Waals surface area (Å²) in [4.78, 5) is 19.3. The van der Waals surface area contributed by atoms with E-state index in [0.717, 1.165) is 37.8 Å². The number of amides is 1. The molecule has 0 radical (unpaired) electrons. The van der Waals surface area contributed by atoms with Gasteiger partial charge in [0, 0.05) is 18.7 Å². The number of nitrogens with zero attached hydrogens (tertiary/aromatic N) is 3. The van der Waals surface area contributed by atoms with E-state index in [0.29, 0.717) is 48.4 Å². The minimum Gasteiger partial charge on any atom is -0.493 e. The van der Waals surface area contributed by atoms with Gasteiger partial charge in [0.25, 0.3) is 0 Å². The van der Waals surface area contributed by atoms with Crippen LogP contribution < -0.4 is 14.8 Å². The van der Waals surface area contributed by atoms with Crippen molar-refractivity contribution < 1.29 is 23.2 Å². The molecule has 1 aliphatic rings. The van der Waals surface area contributed by atoms with Crippen LogP contribution in [0, 0.1) is 11.7 Å². The van der Waals surface area contributed by atoms with Crippen LogP contribution in [0.4, 0.5) is 4.39 Å². The zero-order chi connectivity index (χ0) is 24.6. The van der Waals surface area contributed by atoms with Gasteiger partial charge in [0.1, 0.15) is 5.82 Å². The number of aromatic nitrogens is 2. The largest absolute Gasteiger partial charge is 0.493 e. The van der Waals surface area contributed by atoms with E-state index in [4.69, 9.17) is 14.0 Å². The van der Waals surface area contributed by atoms with Crippen molar-refractivity contribution in [2.75, 3.05) is 33.9 Å². The van der Waals surface area contributed by atoms with Gasteiger partial charge in [0.05, 0.1) is 26.7 Å². The minimum atomic E-state index is -0.309. The second-order valence-corrected chi connectivity index (χ2v) is 8.68. The third-order valence-corrected chi connectivity index (χ3v) is 6.20. The molecule has 1 unspecified atom stereocenters. The lowest BCUT2D eigenvalue weighted by atomic mass is 9.97. The van der Waals surface area contributed by atoms with Crippen LogP contribution in [0.5, 0.6) is 11.5 Å². The highest BCUT2D eigenvalue weighted by Gasteiger charge is 2.26. The average molecular weight is 483 g/mol. The molecular weight excluding hydrogens is 451 g/mol. The van der Waals surface area contributed by atoms with Crippen LogP contribution in [0.2, 0.25) is 0 Å². The second kappa shape index (κ2) is 11.8. The number of hydrogen-bond acceptors (Lipinski definition) is 7. The standard InChI is InChI=1S/C26H31FN4O4/c1-33-22-12-7-18(15-23(22)34-2)5-3-13-28-26(32)20-6-4-14-31(16-20)17-24-29-25(30-35-24)19-8-10-21(27)11-9-19/h7-12,15,20H,3-6,13-14,16-17H2,1-2H3,(H,28,32). The molecule has 1 aromatic heterocycles. The van der Waals surface area contributed by atoms with Gasteiger partial charge in [-0.25, -0.2) is 4.39 Å². The Bertz CT molecular complexity index is 1120. The molecule has 1 amide bonds. The van der Waals surface area contributed by atoms with Crippen molar-refractivity contribution in [3.8, 4) is 22.9 Å². The lowest BCUT2D eigenvalue weighted by molar-refractivity contribution is -0.126. The number of carbonyl (C=O) groups excluding carboxylic acids is 1. The topological polar surface area (TPSA) is 89.7 Å². The second-order valence-electron chi connectivity index (χ2n) is 8.68. The highest BCUT2D eigenvalue weighted by molar-refractivity contribution is 5.78. The molecule has 0 spiro atoms. The molecule has 0 bridgehead atoms. The van der Waals surface area contributed by atoms with E-state index in [1.54, 1.807) is 26.4 Å². The van der Waals surface area contributed by atoms with E-state index >= 15 is 0 Å². The van der Waals surface area contributed by atoms with Crippen molar-refractivity contribution in [2.24, 2.45) is 5.92 Å². The number of benzene rings is 2. The molecule has 0 aliphatic carbocycles. The number of hydrogen-bond donors (Lipinski definition) is 1. The Kier molecular flexibility index (Phi) is 8.31. The summed E-state index contributed by atoms with van der Waals surface area (Å²) in [6.45, 7) is 2.62. The fourth-order valence-electron chi connectivity index (χ4n) is 4.32. The van der Waals surface area contributed by atoms with Crippen molar-refractivity contribution in [3.63, 3.8) is 0 Å². The van der Waals surface area contributed by atoms with Crippen LogP contribution in [-0.2, 0) is 17.8 Å². The Morgan fingerprint density at radius 2 is 1.97 bits per heavy atom. The Morgan fingerprint density at radius 1 is 1.17 bits per heavy atom. The van der Waals surface area contributed by atoms with Crippen LogP contribution in [0.25, 0.3) is 11.4 Å². The molecule has 2 aromatic carbocycles. The number of nitrogens with one attached hydrogen (secondary N) is 1. The summed E-state index contributed by atoms with van der Waals surface area (Å²) >= 11 is 0. The maximum atomic E-state index is 13.1. The third kappa shape index (κ3) is 6.57. The van der Waals surface area contributed by atoms with Gasteiger partial charge in [-0.05, 0) is 74.2 Å². The molecule has 8 nitrogen and oxygen atoms in total. The molecule has 1 N–H and O–H groups in total. The van der Waals surface area contributed by atoms with Crippen LogP contribution in [0.1, 0.15) is 30.7 Å². The summed E-state index contributed by atoms with van der Waals surface area (Å²) in [5.74, 6) is 2.04. The first-order chi connectivity index (χ1) is 17.1. The maximum Gasteiger partial charge on any atom is 0.241 e. The fraction of sp³-hybridized carbons (Fsp3) is 0.423. The number of carbonyl (C=O) groups is 1. The molecule has 35 heavy (non-hydrogen) atoms. The Hall–Kier alpha value is -3.46. The molecule has 186 valence electrons. The van der Waals surface area contributed by atoms with E-state index in [1.807, 2.05) is 18.2 Å². The monoisotopic (exact) mass is 482 g/mol. The van der Waals surface area contributed by atoms with Gasteiger partial charge in [0.2, 0.25) is 17.6 Å². The Balaban J connectivity index is 1.22. The van der Waals surface area contributed by atoms with Gasteiger partial charge in [-0.3, -0.25) is 9.69 Å². The van der Waals surface area contributed by atoms with Gasteiger partial charge in [-0.15, -0.1) is 0 Å². The van der Waals surface area contributed by atoms with Crippen molar-refractivity contribution in [1.82, 2.24) is 20.4 Å². The molecule has 4 rings (SSSR count). The molecule has 0 saturated carbocycles. The van der Waals surface area contributed by atoms with E-state index in [2.05, 4.69) is 20.4 Å². The lowest BCUT2D eigenvalue weighted by Gasteiger charge is -2.30. The summed E-state index contributed by atoms with van der Waals surface area (Å²) in [5, 5.41) is 7.09. The van der Waals surface area contributed by atoms with Crippen LogP contribution in [-0.4, -0.2) is 54.8 Å². The first kappa shape index (κ1) is 24.7. The quantitative estimate of drug-likeness (QED) is 0.439. The zero-order valence-electron chi connectivity index (χ0n) is 20.1. The van der Waals surface area contributed by atoms with E-state index in [1.165, 1.54) is 12.1 Å². The summed E-state index contributed by atoms with van der Waals surface area (Å²) in [6.07, 6.45) is 3.47. The molecule has 9 heteroatoms. The highest BCUT2D eigenvalue weighted by atomic mass is 19.1. The van der Waals surface area contributed by atoms with E-state index in [9.17, 15) is 9.18 Å². The van der Waals surface area contributed by atoms with Crippen LogP contribution >= 0.6 is 0 Å². The Labute approximate surface area is 204 Å². The number of aryl methyl sites for hydroxylation is 1. The van der Waals surface area contributed by atoms with Crippen molar-refractivity contribution in [1.29, 1.82) is 0 Å². The predicted octanol–water partition coefficient (Wildman–Crippen LogP) is 3.85. The average Bonchev–Trinajstić information content (AvgIpc) is 3.35. The molecule has 1 saturated heterocycles. The van der Waals surface area contributed by atoms with Gasteiger partial charge in [-0.2, -0.15) is 4.98 Å². The lowest BCUT2D eigenvalue weighted by Crippen LogP contribution is -2.43. The maximum absolute atomic E-state index is 13.1.